The molecule has 3 rings (SSSR count). The van der Waals surface area contributed by atoms with Gasteiger partial charge in [0, 0.05) is 19.0 Å². The van der Waals surface area contributed by atoms with Crippen molar-refractivity contribution in [3.8, 4) is 5.75 Å². The first kappa shape index (κ1) is 17.4. The molecule has 0 spiro atoms. The van der Waals surface area contributed by atoms with E-state index in [1.54, 1.807) is 17.0 Å². The quantitative estimate of drug-likeness (QED) is 0.908. The second kappa shape index (κ2) is 8.12. The van der Waals surface area contributed by atoms with Gasteiger partial charge in [-0.3, -0.25) is 4.79 Å². The number of hydrogen-bond acceptors (Lipinski definition) is 3. The van der Waals surface area contributed by atoms with Gasteiger partial charge in [-0.25, -0.2) is 4.39 Å². The van der Waals surface area contributed by atoms with Crippen molar-refractivity contribution in [1.82, 2.24) is 4.90 Å². The molecule has 0 aliphatic carbocycles. The van der Waals surface area contributed by atoms with Crippen LogP contribution in [0.15, 0.2) is 54.6 Å². The van der Waals surface area contributed by atoms with Crippen molar-refractivity contribution in [3.05, 3.63) is 66.0 Å². The van der Waals surface area contributed by atoms with E-state index in [2.05, 4.69) is 0 Å². The molecule has 5 heteroatoms. The van der Waals surface area contributed by atoms with E-state index < -0.39 is 6.10 Å². The molecule has 1 aliphatic heterocycles. The fourth-order valence-corrected chi connectivity index (χ4v) is 3.19. The number of halogens is 1. The van der Waals surface area contributed by atoms with Gasteiger partial charge in [-0.1, -0.05) is 30.3 Å². The molecule has 2 aromatic rings. The van der Waals surface area contributed by atoms with E-state index in [1.165, 1.54) is 12.1 Å². The van der Waals surface area contributed by atoms with Crippen molar-refractivity contribution in [2.45, 2.75) is 24.9 Å². The molecule has 1 heterocycles. The number of para-hydroxylation sites is 1. The van der Waals surface area contributed by atoms with Gasteiger partial charge in [-0.15, -0.1) is 0 Å². The van der Waals surface area contributed by atoms with Crippen LogP contribution < -0.4 is 4.74 Å². The highest BCUT2D eigenvalue weighted by molar-refractivity contribution is 5.76. The summed E-state index contributed by atoms with van der Waals surface area (Å²) in [4.78, 5) is 14.0. The Bertz CT molecular complexity index is 690. The summed E-state index contributed by atoms with van der Waals surface area (Å²) in [5, 5.41) is 10.4. The highest BCUT2D eigenvalue weighted by atomic mass is 19.1. The second-order valence-electron chi connectivity index (χ2n) is 6.27. The number of likely N-dealkylation sites (tertiary alicyclic amines) is 1. The molecule has 1 fully saturated rings. The lowest BCUT2D eigenvalue weighted by Gasteiger charge is -2.36. The van der Waals surface area contributed by atoms with Crippen molar-refractivity contribution in [1.29, 1.82) is 0 Å². The number of carbonyl (C=O) groups is 1. The van der Waals surface area contributed by atoms with Crippen LogP contribution in [0.1, 0.15) is 24.3 Å². The lowest BCUT2D eigenvalue weighted by atomic mass is 9.87. The first-order chi connectivity index (χ1) is 12.1. The Hall–Kier alpha value is -2.40. The van der Waals surface area contributed by atoms with Crippen molar-refractivity contribution in [2.75, 3.05) is 19.7 Å². The van der Waals surface area contributed by atoms with Crippen LogP contribution in [0, 0.1) is 5.82 Å². The fraction of sp³-hybridized carbons (Fsp3) is 0.350. The topological polar surface area (TPSA) is 49.8 Å². The minimum atomic E-state index is -0.641. The summed E-state index contributed by atoms with van der Waals surface area (Å²) in [6.07, 6.45) is 0.305. The molecule has 0 saturated carbocycles. The van der Waals surface area contributed by atoms with E-state index in [1.807, 2.05) is 30.3 Å². The maximum absolute atomic E-state index is 13.0. The molecule has 2 aromatic carbocycles. The fourth-order valence-electron chi connectivity index (χ4n) is 3.19. The Morgan fingerprint density at radius 3 is 2.56 bits per heavy atom. The zero-order chi connectivity index (χ0) is 17.6. The van der Waals surface area contributed by atoms with Crippen molar-refractivity contribution in [3.63, 3.8) is 0 Å². The van der Waals surface area contributed by atoms with Crippen molar-refractivity contribution in [2.24, 2.45) is 0 Å². The van der Waals surface area contributed by atoms with Crippen LogP contribution in [0.3, 0.4) is 0 Å². The first-order valence-electron chi connectivity index (χ1n) is 8.52. The van der Waals surface area contributed by atoms with E-state index in [0.29, 0.717) is 26.1 Å². The third kappa shape index (κ3) is 4.57. The van der Waals surface area contributed by atoms with Gasteiger partial charge in [-0.05, 0) is 36.2 Å². The number of ether oxygens (including phenoxy) is 1. The van der Waals surface area contributed by atoms with Gasteiger partial charge in [0.2, 0.25) is 5.91 Å². The zero-order valence-electron chi connectivity index (χ0n) is 14.0. The van der Waals surface area contributed by atoms with Crippen LogP contribution in [0.25, 0.3) is 0 Å². The molecule has 0 aromatic heterocycles. The summed E-state index contributed by atoms with van der Waals surface area (Å²) < 4.78 is 18.6. The molecule has 1 amide bonds. The molecule has 2 atom stereocenters. The number of aliphatic hydroxyl groups is 1. The van der Waals surface area contributed by atoms with E-state index in [4.69, 9.17) is 4.74 Å². The predicted molar refractivity (Wildman–Crippen MR) is 92.9 cm³/mol. The van der Waals surface area contributed by atoms with Crippen LogP contribution in [0.4, 0.5) is 4.39 Å². The summed E-state index contributed by atoms with van der Waals surface area (Å²) in [6.45, 7) is 1.20. The second-order valence-corrected chi connectivity index (χ2v) is 6.27. The molecule has 1 N–H and O–H groups in total. The lowest BCUT2D eigenvalue weighted by Crippen LogP contribution is -2.46. The SMILES string of the molecule is O=C(CCOc1ccccc1)N1CC[C@H](c2ccc(F)cc2)[C@@H](O)C1. The zero-order valence-corrected chi connectivity index (χ0v) is 14.0. The van der Waals surface area contributed by atoms with Crippen LogP contribution in [-0.2, 0) is 4.79 Å². The molecule has 0 bridgehead atoms. The summed E-state index contributed by atoms with van der Waals surface area (Å²) in [5.41, 5.74) is 0.911. The monoisotopic (exact) mass is 343 g/mol. The van der Waals surface area contributed by atoms with Gasteiger partial charge in [0.15, 0.2) is 0 Å². The van der Waals surface area contributed by atoms with Gasteiger partial charge < -0.3 is 14.7 Å². The Labute approximate surface area is 146 Å². The molecule has 0 radical (unpaired) electrons. The van der Waals surface area contributed by atoms with E-state index in [9.17, 15) is 14.3 Å². The average molecular weight is 343 g/mol. The molecular formula is C20H22FNO3. The summed E-state index contributed by atoms with van der Waals surface area (Å²) >= 11 is 0. The Balaban J connectivity index is 1.48. The van der Waals surface area contributed by atoms with Gasteiger partial charge in [0.1, 0.15) is 11.6 Å². The molecule has 132 valence electrons. The van der Waals surface area contributed by atoms with Crippen LogP contribution in [-0.4, -0.2) is 41.7 Å². The molecule has 4 nitrogen and oxygen atoms in total. The third-order valence-electron chi connectivity index (χ3n) is 4.56. The third-order valence-corrected chi connectivity index (χ3v) is 4.56. The lowest BCUT2D eigenvalue weighted by molar-refractivity contribution is -0.135. The highest BCUT2D eigenvalue weighted by Crippen LogP contribution is 2.28. The number of aliphatic hydroxyl groups excluding tert-OH is 1. The maximum Gasteiger partial charge on any atom is 0.226 e. The molecular weight excluding hydrogens is 321 g/mol. The Kier molecular flexibility index (Phi) is 5.66. The molecule has 1 aliphatic rings. The molecule has 0 unspecified atom stereocenters. The number of rotatable bonds is 5. The number of β-amino-alcohol motifs (C(OH)–C–C–N with tert-alkyl or cyclic N) is 1. The smallest absolute Gasteiger partial charge is 0.226 e. The summed E-state index contributed by atoms with van der Waals surface area (Å²) in [5.74, 6) is 0.368. The average Bonchev–Trinajstić information content (AvgIpc) is 2.63. The van der Waals surface area contributed by atoms with Crippen LogP contribution >= 0.6 is 0 Å². The minimum Gasteiger partial charge on any atom is -0.493 e. The Morgan fingerprint density at radius 1 is 1.16 bits per heavy atom. The number of amides is 1. The van der Waals surface area contributed by atoms with Crippen LogP contribution in [0.2, 0.25) is 0 Å². The predicted octanol–water partition coefficient (Wildman–Crippen LogP) is 2.97. The van der Waals surface area contributed by atoms with Crippen molar-refractivity contribution < 1.29 is 19.0 Å². The minimum absolute atomic E-state index is 0.0208. The van der Waals surface area contributed by atoms with Crippen molar-refractivity contribution >= 4 is 5.91 Å². The number of nitrogens with zero attached hydrogens (tertiary/aromatic N) is 1. The normalized spacial score (nSPS) is 20.3. The maximum atomic E-state index is 13.0. The van der Waals surface area contributed by atoms with Crippen LogP contribution in [0.5, 0.6) is 5.75 Å². The summed E-state index contributed by atoms with van der Waals surface area (Å²) in [6, 6.07) is 15.6. The number of piperidine rings is 1. The largest absolute Gasteiger partial charge is 0.493 e. The van der Waals surface area contributed by atoms with Gasteiger partial charge >= 0.3 is 0 Å². The Morgan fingerprint density at radius 2 is 1.88 bits per heavy atom. The van der Waals surface area contributed by atoms with Gasteiger partial charge in [0.05, 0.1) is 19.1 Å². The summed E-state index contributed by atoms with van der Waals surface area (Å²) in [7, 11) is 0. The molecule has 1 saturated heterocycles. The highest BCUT2D eigenvalue weighted by Gasteiger charge is 2.30. The van der Waals surface area contributed by atoms with E-state index in [-0.39, 0.29) is 24.1 Å². The first-order valence-corrected chi connectivity index (χ1v) is 8.52. The van der Waals surface area contributed by atoms with E-state index in [0.717, 1.165) is 11.3 Å². The number of hydrogen-bond donors (Lipinski definition) is 1. The molecule has 25 heavy (non-hydrogen) atoms. The van der Waals surface area contributed by atoms with E-state index >= 15 is 0 Å². The number of carbonyl (C=O) groups excluding carboxylic acids is 1. The van der Waals surface area contributed by atoms with Gasteiger partial charge in [-0.2, -0.15) is 0 Å². The number of benzene rings is 2. The standard InChI is InChI=1S/C20H22FNO3/c21-16-8-6-15(7-9-16)18-10-12-22(14-19(18)23)20(24)11-13-25-17-4-2-1-3-5-17/h1-9,18-19,23H,10-14H2/t18-,19+/m1/s1. The van der Waals surface area contributed by atoms with Gasteiger partial charge in [0.25, 0.3) is 0 Å².